The highest BCUT2D eigenvalue weighted by Crippen LogP contribution is 2.35. The zero-order valence-corrected chi connectivity index (χ0v) is 15.0. The van der Waals surface area contributed by atoms with Gasteiger partial charge in [0.2, 0.25) is 0 Å². The molecule has 0 amide bonds. The molecule has 0 aliphatic heterocycles. The number of alkyl halides is 4. The van der Waals surface area contributed by atoms with E-state index in [1.54, 1.807) is 0 Å². The molecule has 0 aliphatic rings. The summed E-state index contributed by atoms with van der Waals surface area (Å²) in [5, 5.41) is 0.718. The Morgan fingerprint density at radius 2 is 1.65 bits per heavy atom. The third kappa shape index (κ3) is 6.78. The summed E-state index contributed by atoms with van der Waals surface area (Å²) >= 11 is 10.1. The zero-order chi connectivity index (χ0) is 15.2. The molecule has 0 aromatic heterocycles. The van der Waals surface area contributed by atoms with Gasteiger partial charge in [0.05, 0.1) is 22.2 Å². The van der Waals surface area contributed by atoms with E-state index in [-0.39, 0.29) is 13.2 Å². The lowest BCUT2D eigenvalue weighted by Gasteiger charge is -2.12. The Balaban J connectivity index is 2.36. The fourth-order valence-corrected chi connectivity index (χ4v) is 3.18. The van der Waals surface area contributed by atoms with Crippen LogP contribution >= 0.6 is 47.8 Å². The van der Waals surface area contributed by atoms with Gasteiger partial charge < -0.3 is 9.47 Å². The first-order valence-electron chi connectivity index (χ1n) is 5.64. The maximum Gasteiger partial charge on any atom is 0.411 e. The van der Waals surface area contributed by atoms with Gasteiger partial charge in [-0.1, -0.05) is 15.9 Å². The van der Waals surface area contributed by atoms with Crippen molar-refractivity contribution in [1.29, 1.82) is 0 Å². The van der Waals surface area contributed by atoms with Crippen LogP contribution in [-0.2, 0) is 10.1 Å². The molecule has 0 saturated heterocycles. The summed E-state index contributed by atoms with van der Waals surface area (Å²) in [6.07, 6.45) is -3.90. The molecule has 1 aromatic rings. The Kier molecular flexibility index (Phi) is 7.86. The highest BCUT2D eigenvalue weighted by atomic mass is 79.9. The molecule has 0 aliphatic carbocycles. The summed E-state index contributed by atoms with van der Waals surface area (Å²) in [7, 11) is 0. The second-order valence-electron chi connectivity index (χ2n) is 3.89. The van der Waals surface area contributed by atoms with Gasteiger partial charge in [0.1, 0.15) is 12.4 Å². The van der Waals surface area contributed by atoms with Gasteiger partial charge in [0.25, 0.3) is 0 Å². The SMILES string of the molecule is FC(F)(F)COCCCOc1c(Br)cc(CBr)cc1Br. The molecule has 20 heavy (non-hydrogen) atoms. The van der Waals surface area contributed by atoms with Crippen LogP contribution in [-0.4, -0.2) is 26.0 Å². The Labute approximate surface area is 140 Å². The largest absolute Gasteiger partial charge is 0.491 e. The molecule has 114 valence electrons. The van der Waals surface area contributed by atoms with Gasteiger partial charge in [0.15, 0.2) is 0 Å². The molecule has 0 spiro atoms. The molecule has 0 N–H and O–H groups in total. The Bertz CT molecular complexity index is 415. The van der Waals surface area contributed by atoms with Crippen molar-refractivity contribution in [2.45, 2.75) is 17.9 Å². The Hall–Kier alpha value is 0.210. The molecule has 8 heteroatoms. The van der Waals surface area contributed by atoms with Crippen LogP contribution < -0.4 is 4.74 Å². The van der Waals surface area contributed by atoms with Crippen LogP contribution in [0, 0.1) is 0 Å². The quantitative estimate of drug-likeness (QED) is 0.378. The van der Waals surface area contributed by atoms with E-state index in [1.165, 1.54) is 0 Å². The van der Waals surface area contributed by atoms with Crippen LogP contribution in [0.3, 0.4) is 0 Å². The van der Waals surface area contributed by atoms with E-state index in [0.717, 1.165) is 19.8 Å². The first-order chi connectivity index (χ1) is 9.33. The standard InChI is InChI=1S/C12H12Br3F3O2/c13-6-8-4-9(14)11(10(15)5-8)20-3-1-2-19-7-12(16,17)18/h4-5H,1-3,6-7H2. The van der Waals surface area contributed by atoms with Gasteiger partial charge in [-0.15, -0.1) is 0 Å². The average Bonchev–Trinajstić information content (AvgIpc) is 2.34. The fourth-order valence-electron chi connectivity index (χ4n) is 1.35. The maximum atomic E-state index is 11.8. The van der Waals surface area contributed by atoms with Gasteiger partial charge >= 0.3 is 6.18 Å². The van der Waals surface area contributed by atoms with Gasteiger partial charge in [-0.25, -0.2) is 0 Å². The monoisotopic (exact) mass is 482 g/mol. The number of hydrogen-bond acceptors (Lipinski definition) is 2. The highest BCUT2D eigenvalue weighted by molar-refractivity contribution is 9.11. The predicted molar refractivity (Wildman–Crippen MR) is 81.5 cm³/mol. The number of rotatable bonds is 7. The Morgan fingerprint density at radius 3 is 2.15 bits per heavy atom. The van der Waals surface area contributed by atoms with Crippen molar-refractivity contribution >= 4 is 47.8 Å². The first-order valence-corrected chi connectivity index (χ1v) is 8.35. The van der Waals surface area contributed by atoms with Crippen LogP contribution in [0.1, 0.15) is 12.0 Å². The van der Waals surface area contributed by atoms with Crippen LogP contribution in [0.25, 0.3) is 0 Å². The third-order valence-corrected chi connectivity index (χ3v) is 3.98. The highest BCUT2D eigenvalue weighted by Gasteiger charge is 2.27. The van der Waals surface area contributed by atoms with Crippen molar-refractivity contribution in [1.82, 2.24) is 0 Å². The first kappa shape index (κ1) is 18.3. The van der Waals surface area contributed by atoms with Gasteiger partial charge in [-0.3, -0.25) is 0 Å². The molecule has 0 heterocycles. The minimum atomic E-state index is -4.28. The average molecular weight is 485 g/mol. The zero-order valence-electron chi connectivity index (χ0n) is 10.3. The number of halogens is 6. The molecule has 0 atom stereocenters. The van der Waals surface area contributed by atoms with E-state index in [0.29, 0.717) is 12.2 Å². The Morgan fingerprint density at radius 1 is 1.05 bits per heavy atom. The van der Waals surface area contributed by atoms with E-state index < -0.39 is 12.8 Å². The number of benzene rings is 1. The van der Waals surface area contributed by atoms with Crippen molar-refractivity contribution in [3.05, 3.63) is 26.6 Å². The lowest BCUT2D eigenvalue weighted by molar-refractivity contribution is -0.174. The third-order valence-electron chi connectivity index (χ3n) is 2.16. The maximum absolute atomic E-state index is 11.8. The van der Waals surface area contributed by atoms with Crippen molar-refractivity contribution in [3.63, 3.8) is 0 Å². The van der Waals surface area contributed by atoms with Crippen molar-refractivity contribution in [3.8, 4) is 5.75 Å². The van der Waals surface area contributed by atoms with Crippen molar-refractivity contribution in [2.24, 2.45) is 0 Å². The normalized spacial score (nSPS) is 11.7. The van der Waals surface area contributed by atoms with Crippen molar-refractivity contribution < 1.29 is 22.6 Å². The number of ether oxygens (including phenoxy) is 2. The molecule has 1 rings (SSSR count). The van der Waals surface area contributed by atoms with Crippen LogP contribution in [0.4, 0.5) is 13.2 Å². The van der Waals surface area contributed by atoms with Gasteiger partial charge in [0, 0.05) is 11.8 Å². The van der Waals surface area contributed by atoms with E-state index in [1.807, 2.05) is 12.1 Å². The molecule has 1 aromatic carbocycles. The van der Waals surface area contributed by atoms with Crippen molar-refractivity contribution in [2.75, 3.05) is 19.8 Å². The van der Waals surface area contributed by atoms with Gasteiger partial charge in [-0.2, -0.15) is 13.2 Å². The van der Waals surface area contributed by atoms with E-state index in [2.05, 4.69) is 52.5 Å². The summed E-state index contributed by atoms with van der Waals surface area (Å²) in [5.41, 5.74) is 1.07. The molecular weight excluding hydrogens is 473 g/mol. The summed E-state index contributed by atoms with van der Waals surface area (Å²) in [4.78, 5) is 0. The van der Waals surface area contributed by atoms with E-state index in [4.69, 9.17) is 4.74 Å². The van der Waals surface area contributed by atoms with Crippen LogP contribution in [0.5, 0.6) is 5.75 Å². The minimum absolute atomic E-state index is 0.00817. The topological polar surface area (TPSA) is 18.5 Å². The fraction of sp³-hybridized carbons (Fsp3) is 0.500. The smallest absolute Gasteiger partial charge is 0.411 e. The molecule has 0 bridgehead atoms. The molecule has 2 nitrogen and oxygen atoms in total. The molecular formula is C12H12Br3F3O2. The predicted octanol–water partition coefficient (Wildman–Crippen LogP) is 5.45. The molecule has 0 unspecified atom stereocenters. The molecule has 0 fully saturated rings. The second kappa shape index (κ2) is 8.60. The van der Waals surface area contributed by atoms with E-state index in [9.17, 15) is 13.2 Å². The summed E-state index contributed by atoms with van der Waals surface area (Å²) in [5.74, 6) is 0.630. The van der Waals surface area contributed by atoms with Crippen LogP contribution in [0.15, 0.2) is 21.1 Å². The van der Waals surface area contributed by atoms with E-state index >= 15 is 0 Å². The summed E-state index contributed by atoms with van der Waals surface area (Å²) < 4.78 is 47.1. The summed E-state index contributed by atoms with van der Waals surface area (Å²) in [6, 6.07) is 3.82. The van der Waals surface area contributed by atoms with Crippen LogP contribution in [0.2, 0.25) is 0 Å². The number of hydrogen-bond donors (Lipinski definition) is 0. The summed E-state index contributed by atoms with van der Waals surface area (Å²) in [6.45, 7) is -0.933. The lowest BCUT2D eigenvalue weighted by atomic mass is 10.2. The molecule has 0 saturated carbocycles. The second-order valence-corrected chi connectivity index (χ2v) is 6.16. The lowest BCUT2D eigenvalue weighted by Crippen LogP contribution is -2.18. The molecule has 0 radical (unpaired) electrons. The van der Waals surface area contributed by atoms with Gasteiger partial charge in [-0.05, 0) is 49.6 Å². The minimum Gasteiger partial charge on any atom is -0.491 e.